The molecule has 2 aromatic rings. The summed E-state index contributed by atoms with van der Waals surface area (Å²) in [7, 11) is 1.69. The highest BCUT2D eigenvalue weighted by Crippen LogP contribution is 2.37. The Morgan fingerprint density at radius 2 is 1.91 bits per heavy atom. The molecule has 1 saturated carbocycles. The van der Waals surface area contributed by atoms with Crippen LogP contribution in [0.1, 0.15) is 44.8 Å². The quantitative estimate of drug-likeness (QED) is 0.769. The number of aryl methyl sites for hydroxylation is 1. The van der Waals surface area contributed by atoms with E-state index in [2.05, 4.69) is 30.7 Å². The Labute approximate surface area is 142 Å². The van der Waals surface area contributed by atoms with Crippen molar-refractivity contribution in [3.63, 3.8) is 0 Å². The van der Waals surface area contributed by atoms with Gasteiger partial charge in [-0.1, -0.05) is 26.7 Å². The first-order valence-electron chi connectivity index (χ1n) is 8.45. The number of benzene rings is 1. The zero-order valence-corrected chi connectivity index (χ0v) is 15.3. The summed E-state index contributed by atoms with van der Waals surface area (Å²) in [5.74, 6) is 2.36. The molecule has 23 heavy (non-hydrogen) atoms. The molecule has 3 atom stereocenters. The largest absolute Gasteiger partial charge is 0.497 e. The maximum Gasteiger partial charge on any atom is 0.190 e. The highest BCUT2D eigenvalue weighted by atomic mass is 32.1. The van der Waals surface area contributed by atoms with Gasteiger partial charge in [-0.05, 0) is 49.4 Å². The SMILES string of the molecule is COc1ccc(N=c2scc(C)n2C2CCCC(C)C2C)cc1. The van der Waals surface area contributed by atoms with Crippen molar-refractivity contribution in [2.45, 2.75) is 46.1 Å². The second-order valence-corrected chi connectivity index (χ2v) is 7.51. The molecule has 1 aliphatic carbocycles. The number of aromatic nitrogens is 1. The maximum absolute atomic E-state index is 5.22. The number of nitrogens with zero attached hydrogens (tertiary/aromatic N) is 2. The van der Waals surface area contributed by atoms with E-state index in [-0.39, 0.29) is 0 Å². The van der Waals surface area contributed by atoms with Crippen LogP contribution in [0.5, 0.6) is 5.75 Å². The van der Waals surface area contributed by atoms with E-state index in [1.54, 1.807) is 18.4 Å². The molecule has 124 valence electrons. The van der Waals surface area contributed by atoms with Crippen LogP contribution in [0.3, 0.4) is 0 Å². The first-order chi connectivity index (χ1) is 11.1. The summed E-state index contributed by atoms with van der Waals surface area (Å²) in [6.07, 6.45) is 3.94. The summed E-state index contributed by atoms with van der Waals surface area (Å²) < 4.78 is 7.69. The van der Waals surface area contributed by atoms with Crippen LogP contribution in [-0.2, 0) is 0 Å². The third-order valence-electron chi connectivity index (χ3n) is 5.21. The Hall–Kier alpha value is -1.55. The molecule has 0 amide bonds. The van der Waals surface area contributed by atoms with Crippen molar-refractivity contribution in [2.75, 3.05) is 7.11 Å². The molecule has 0 radical (unpaired) electrons. The van der Waals surface area contributed by atoms with E-state index in [0.717, 1.165) is 22.2 Å². The third kappa shape index (κ3) is 3.37. The Balaban J connectivity index is 1.99. The Morgan fingerprint density at radius 1 is 1.17 bits per heavy atom. The lowest BCUT2D eigenvalue weighted by Gasteiger charge is -2.35. The summed E-state index contributed by atoms with van der Waals surface area (Å²) in [6.45, 7) is 6.99. The molecule has 0 saturated heterocycles. The lowest BCUT2D eigenvalue weighted by molar-refractivity contribution is 0.182. The van der Waals surface area contributed by atoms with Crippen molar-refractivity contribution in [3.8, 4) is 5.75 Å². The van der Waals surface area contributed by atoms with Gasteiger partial charge in [0.05, 0.1) is 12.8 Å². The van der Waals surface area contributed by atoms with E-state index in [1.807, 2.05) is 24.3 Å². The molecule has 3 nitrogen and oxygen atoms in total. The molecule has 1 aromatic heterocycles. The van der Waals surface area contributed by atoms with Gasteiger partial charge in [-0.15, -0.1) is 11.3 Å². The highest BCUT2D eigenvalue weighted by Gasteiger charge is 2.29. The number of rotatable bonds is 3. The van der Waals surface area contributed by atoms with Gasteiger partial charge in [0.15, 0.2) is 4.80 Å². The van der Waals surface area contributed by atoms with Crippen molar-refractivity contribution in [1.29, 1.82) is 0 Å². The zero-order valence-electron chi connectivity index (χ0n) is 14.5. The fourth-order valence-electron chi connectivity index (χ4n) is 3.57. The van der Waals surface area contributed by atoms with E-state index >= 15 is 0 Å². The van der Waals surface area contributed by atoms with Gasteiger partial charge < -0.3 is 9.30 Å². The maximum atomic E-state index is 5.22. The monoisotopic (exact) mass is 330 g/mol. The molecule has 1 heterocycles. The van der Waals surface area contributed by atoms with Crippen LogP contribution in [0, 0.1) is 18.8 Å². The molecular formula is C19H26N2OS. The molecular weight excluding hydrogens is 304 g/mol. The number of ether oxygens (including phenoxy) is 1. The average molecular weight is 330 g/mol. The molecule has 0 aliphatic heterocycles. The normalized spacial score (nSPS) is 25.6. The summed E-state index contributed by atoms with van der Waals surface area (Å²) in [6, 6.07) is 8.54. The van der Waals surface area contributed by atoms with Crippen LogP contribution in [0.2, 0.25) is 0 Å². The van der Waals surface area contributed by atoms with Crippen molar-refractivity contribution in [1.82, 2.24) is 4.57 Å². The van der Waals surface area contributed by atoms with E-state index in [4.69, 9.17) is 9.73 Å². The van der Waals surface area contributed by atoms with Crippen LogP contribution < -0.4 is 9.54 Å². The molecule has 0 spiro atoms. The number of methoxy groups -OCH3 is 1. The Bertz CT molecular complexity index is 714. The van der Waals surface area contributed by atoms with Gasteiger partial charge in [0.2, 0.25) is 0 Å². The molecule has 3 rings (SSSR count). The van der Waals surface area contributed by atoms with Gasteiger partial charge in [-0.2, -0.15) is 0 Å². The van der Waals surface area contributed by atoms with Crippen molar-refractivity contribution >= 4 is 17.0 Å². The minimum atomic E-state index is 0.571. The first kappa shape index (κ1) is 16.3. The minimum Gasteiger partial charge on any atom is -0.497 e. The molecule has 0 N–H and O–H groups in total. The van der Waals surface area contributed by atoms with Crippen LogP contribution >= 0.6 is 11.3 Å². The van der Waals surface area contributed by atoms with E-state index < -0.39 is 0 Å². The van der Waals surface area contributed by atoms with Crippen molar-refractivity contribution in [3.05, 3.63) is 40.1 Å². The fourth-order valence-corrected chi connectivity index (χ4v) is 4.51. The minimum absolute atomic E-state index is 0.571. The topological polar surface area (TPSA) is 26.5 Å². The average Bonchev–Trinajstić information content (AvgIpc) is 2.91. The van der Waals surface area contributed by atoms with Crippen LogP contribution in [0.25, 0.3) is 0 Å². The van der Waals surface area contributed by atoms with Crippen LogP contribution in [0.15, 0.2) is 34.6 Å². The highest BCUT2D eigenvalue weighted by molar-refractivity contribution is 7.07. The molecule has 1 aromatic carbocycles. The first-order valence-corrected chi connectivity index (χ1v) is 9.33. The molecule has 4 heteroatoms. The van der Waals surface area contributed by atoms with Crippen LogP contribution in [0.4, 0.5) is 5.69 Å². The lowest BCUT2D eigenvalue weighted by atomic mass is 9.78. The second-order valence-electron chi connectivity index (χ2n) is 6.67. The van der Waals surface area contributed by atoms with Crippen LogP contribution in [-0.4, -0.2) is 11.7 Å². The number of hydrogen-bond donors (Lipinski definition) is 0. The predicted octanol–water partition coefficient (Wildman–Crippen LogP) is 5.10. The number of thiazole rings is 1. The molecule has 1 aliphatic rings. The standard InChI is InChI=1S/C19H26N2OS/c1-13-6-5-7-18(15(13)3)21-14(2)12-23-19(21)20-16-8-10-17(22-4)11-9-16/h8-13,15,18H,5-7H2,1-4H3. The van der Waals surface area contributed by atoms with Gasteiger partial charge >= 0.3 is 0 Å². The predicted molar refractivity (Wildman–Crippen MR) is 96.5 cm³/mol. The smallest absolute Gasteiger partial charge is 0.190 e. The lowest BCUT2D eigenvalue weighted by Crippen LogP contribution is -2.32. The fraction of sp³-hybridized carbons (Fsp3) is 0.526. The van der Waals surface area contributed by atoms with Gasteiger partial charge in [-0.3, -0.25) is 0 Å². The van der Waals surface area contributed by atoms with E-state index in [1.165, 1.54) is 25.0 Å². The van der Waals surface area contributed by atoms with Gasteiger partial charge in [-0.25, -0.2) is 4.99 Å². The Kier molecular flexibility index (Phi) is 4.90. The molecule has 3 unspecified atom stereocenters. The molecule has 1 fully saturated rings. The van der Waals surface area contributed by atoms with Crippen molar-refractivity contribution < 1.29 is 4.74 Å². The van der Waals surface area contributed by atoms with E-state index in [0.29, 0.717) is 12.0 Å². The van der Waals surface area contributed by atoms with Gasteiger partial charge in [0.1, 0.15) is 5.75 Å². The third-order valence-corrected chi connectivity index (χ3v) is 6.17. The van der Waals surface area contributed by atoms with Gasteiger partial charge in [0, 0.05) is 17.1 Å². The summed E-state index contributed by atoms with van der Waals surface area (Å²) in [5.41, 5.74) is 2.31. The number of hydrogen-bond acceptors (Lipinski definition) is 3. The zero-order chi connectivity index (χ0) is 16.4. The summed E-state index contributed by atoms with van der Waals surface area (Å²) in [4.78, 5) is 6.01. The summed E-state index contributed by atoms with van der Waals surface area (Å²) >= 11 is 1.74. The van der Waals surface area contributed by atoms with E-state index in [9.17, 15) is 0 Å². The Morgan fingerprint density at radius 3 is 2.61 bits per heavy atom. The second kappa shape index (κ2) is 6.91. The van der Waals surface area contributed by atoms with Crippen molar-refractivity contribution in [2.24, 2.45) is 16.8 Å². The molecule has 0 bridgehead atoms. The van der Waals surface area contributed by atoms with Gasteiger partial charge in [0.25, 0.3) is 0 Å². The summed E-state index contributed by atoms with van der Waals surface area (Å²) in [5, 5.41) is 2.23.